The summed E-state index contributed by atoms with van der Waals surface area (Å²) in [6.07, 6.45) is 0. The number of halogens is 1. The first-order valence-corrected chi connectivity index (χ1v) is 6.45. The van der Waals surface area contributed by atoms with E-state index in [1.165, 1.54) is 12.1 Å². The van der Waals surface area contributed by atoms with Crippen LogP contribution in [0.25, 0.3) is 0 Å². The van der Waals surface area contributed by atoms with Crippen LogP contribution in [0.2, 0.25) is 0 Å². The molecule has 0 radical (unpaired) electrons. The van der Waals surface area contributed by atoms with Gasteiger partial charge < -0.3 is 15.7 Å². The maximum absolute atomic E-state index is 11.7. The highest BCUT2D eigenvalue weighted by Gasteiger charge is 2.07. The first-order valence-electron chi connectivity index (χ1n) is 5.66. The highest BCUT2D eigenvalue weighted by atomic mass is 79.9. The maximum Gasteiger partial charge on any atom is 0.365 e. The second-order valence-corrected chi connectivity index (χ2v) is 4.82. The van der Waals surface area contributed by atoms with Crippen molar-refractivity contribution >= 4 is 27.7 Å². The summed E-state index contributed by atoms with van der Waals surface area (Å²) in [7, 11) is 0. The largest absolute Gasteiger partial charge is 0.508 e. The summed E-state index contributed by atoms with van der Waals surface area (Å²) < 4.78 is 0.862. The SMILES string of the molecule is NC(=NOC(=O)c1ccc(Br)cc1)c1ccc(O)cc1. The van der Waals surface area contributed by atoms with Crippen molar-refractivity contribution in [1.82, 2.24) is 0 Å². The van der Waals surface area contributed by atoms with Gasteiger partial charge in [-0.1, -0.05) is 21.1 Å². The molecule has 0 aliphatic rings. The van der Waals surface area contributed by atoms with Crippen molar-refractivity contribution in [3.05, 3.63) is 64.1 Å². The summed E-state index contributed by atoms with van der Waals surface area (Å²) in [5.41, 5.74) is 6.60. The molecule has 0 aliphatic carbocycles. The number of benzene rings is 2. The fourth-order valence-electron chi connectivity index (χ4n) is 1.41. The van der Waals surface area contributed by atoms with Gasteiger partial charge in [-0.2, -0.15) is 0 Å². The Labute approximate surface area is 123 Å². The zero-order valence-corrected chi connectivity index (χ0v) is 11.9. The Hall–Kier alpha value is -2.34. The number of oxime groups is 1. The van der Waals surface area contributed by atoms with Crippen LogP contribution >= 0.6 is 15.9 Å². The number of carbonyl (C=O) groups excluding carboxylic acids is 1. The Morgan fingerprint density at radius 2 is 1.60 bits per heavy atom. The number of amidine groups is 1. The van der Waals surface area contributed by atoms with Crippen LogP contribution in [0.15, 0.2) is 58.2 Å². The van der Waals surface area contributed by atoms with Crippen LogP contribution in [0, 0.1) is 0 Å². The van der Waals surface area contributed by atoms with Crippen molar-refractivity contribution in [2.45, 2.75) is 0 Å². The lowest BCUT2D eigenvalue weighted by molar-refractivity contribution is 0.0516. The lowest BCUT2D eigenvalue weighted by atomic mass is 10.2. The van der Waals surface area contributed by atoms with Crippen LogP contribution in [0.5, 0.6) is 5.75 Å². The zero-order valence-electron chi connectivity index (χ0n) is 10.3. The molecule has 2 aromatic rings. The predicted octanol–water partition coefficient (Wildman–Crippen LogP) is 2.63. The first kappa shape index (κ1) is 14.1. The van der Waals surface area contributed by atoms with E-state index < -0.39 is 5.97 Å². The molecular formula is C14H11BrN2O3. The van der Waals surface area contributed by atoms with Gasteiger partial charge in [0, 0.05) is 10.0 Å². The van der Waals surface area contributed by atoms with E-state index in [4.69, 9.17) is 15.7 Å². The predicted molar refractivity (Wildman–Crippen MR) is 78.4 cm³/mol. The molecule has 0 saturated carbocycles. The minimum atomic E-state index is -0.598. The standard InChI is InChI=1S/C14H11BrN2O3/c15-11-5-1-10(2-6-11)14(19)20-17-13(16)9-3-7-12(18)8-4-9/h1-8,18H,(H2,16,17). The van der Waals surface area contributed by atoms with Gasteiger partial charge in [0.2, 0.25) is 0 Å². The fourth-order valence-corrected chi connectivity index (χ4v) is 1.68. The van der Waals surface area contributed by atoms with Gasteiger partial charge in [0.15, 0.2) is 5.84 Å². The molecule has 0 spiro atoms. The van der Waals surface area contributed by atoms with Crippen molar-refractivity contribution < 1.29 is 14.7 Å². The van der Waals surface area contributed by atoms with Gasteiger partial charge in [-0.15, -0.1) is 0 Å². The van der Waals surface area contributed by atoms with Gasteiger partial charge in [0.1, 0.15) is 5.75 Å². The average molecular weight is 335 g/mol. The topological polar surface area (TPSA) is 84.9 Å². The fraction of sp³-hybridized carbons (Fsp3) is 0. The first-order chi connectivity index (χ1) is 9.56. The van der Waals surface area contributed by atoms with Crippen LogP contribution in [0.4, 0.5) is 0 Å². The lowest BCUT2D eigenvalue weighted by Gasteiger charge is -2.01. The van der Waals surface area contributed by atoms with E-state index in [1.54, 1.807) is 36.4 Å². The number of hydrogen-bond acceptors (Lipinski definition) is 4. The van der Waals surface area contributed by atoms with Crippen molar-refractivity contribution in [1.29, 1.82) is 0 Å². The lowest BCUT2D eigenvalue weighted by Crippen LogP contribution is -2.15. The van der Waals surface area contributed by atoms with E-state index in [0.29, 0.717) is 11.1 Å². The summed E-state index contributed by atoms with van der Waals surface area (Å²) in [5.74, 6) is -0.428. The van der Waals surface area contributed by atoms with E-state index in [-0.39, 0.29) is 11.6 Å². The number of nitrogens with two attached hydrogens (primary N) is 1. The summed E-state index contributed by atoms with van der Waals surface area (Å²) in [6, 6.07) is 12.7. The normalized spacial score (nSPS) is 11.2. The molecule has 0 unspecified atom stereocenters. The van der Waals surface area contributed by atoms with E-state index in [2.05, 4.69) is 21.1 Å². The Kier molecular flexibility index (Phi) is 4.37. The van der Waals surface area contributed by atoms with Gasteiger partial charge in [0.25, 0.3) is 0 Å². The number of phenols is 1. The van der Waals surface area contributed by atoms with Crippen molar-refractivity contribution in [3.8, 4) is 5.75 Å². The number of nitrogens with zero attached hydrogens (tertiary/aromatic N) is 1. The number of aromatic hydroxyl groups is 1. The molecule has 102 valence electrons. The molecule has 0 aliphatic heterocycles. The summed E-state index contributed by atoms with van der Waals surface area (Å²) in [5, 5.41) is 12.7. The summed E-state index contributed by atoms with van der Waals surface area (Å²) >= 11 is 3.27. The monoisotopic (exact) mass is 334 g/mol. The smallest absolute Gasteiger partial charge is 0.365 e. The van der Waals surface area contributed by atoms with Gasteiger partial charge >= 0.3 is 5.97 Å². The highest BCUT2D eigenvalue weighted by Crippen LogP contribution is 2.12. The van der Waals surface area contributed by atoms with Crippen LogP contribution in [0.3, 0.4) is 0 Å². The van der Waals surface area contributed by atoms with E-state index in [1.807, 2.05) is 0 Å². The summed E-state index contributed by atoms with van der Waals surface area (Å²) in [6.45, 7) is 0. The molecule has 0 saturated heterocycles. The molecule has 5 nitrogen and oxygen atoms in total. The Balaban J connectivity index is 2.06. The minimum Gasteiger partial charge on any atom is -0.508 e. The van der Waals surface area contributed by atoms with E-state index in [0.717, 1.165) is 4.47 Å². The molecule has 0 amide bonds. The Morgan fingerprint density at radius 3 is 2.20 bits per heavy atom. The molecular weight excluding hydrogens is 324 g/mol. The van der Waals surface area contributed by atoms with Gasteiger partial charge in [-0.3, -0.25) is 0 Å². The Morgan fingerprint density at radius 1 is 1.05 bits per heavy atom. The molecule has 0 aromatic heterocycles. The molecule has 6 heteroatoms. The molecule has 2 rings (SSSR count). The van der Waals surface area contributed by atoms with Crippen molar-refractivity contribution in [2.75, 3.05) is 0 Å². The third-order valence-electron chi connectivity index (χ3n) is 2.47. The number of phenolic OH excluding ortho intramolecular Hbond substituents is 1. The Bertz CT molecular complexity index is 636. The highest BCUT2D eigenvalue weighted by molar-refractivity contribution is 9.10. The summed E-state index contributed by atoms with van der Waals surface area (Å²) in [4.78, 5) is 16.5. The van der Waals surface area contributed by atoms with E-state index in [9.17, 15) is 4.79 Å². The number of carbonyl (C=O) groups is 1. The molecule has 0 fully saturated rings. The van der Waals surface area contributed by atoms with Gasteiger partial charge in [-0.05, 0) is 48.5 Å². The maximum atomic E-state index is 11.7. The van der Waals surface area contributed by atoms with Crippen molar-refractivity contribution in [2.24, 2.45) is 10.9 Å². The molecule has 0 atom stereocenters. The van der Waals surface area contributed by atoms with Gasteiger partial charge in [0.05, 0.1) is 5.56 Å². The van der Waals surface area contributed by atoms with Crippen LogP contribution < -0.4 is 5.73 Å². The quantitative estimate of drug-likeness (QED) is 0.391. The minimum absolute atomic E-state index is 0.0514. The van der Waals surface area contributed by atoms with Crippen LogP contribution in [-0.4, -0.2) is 16.9 Å². The zero-order chi connectivity index (χ0) is 14.5. The van der Waals surface area contributed by atoms with E-state index >= 15 is 0 Å². The molecule has 0 heterocycles. The number of hydrogen-bond donors (Lipinski definition) is 2. The number of rotatable bonds is 3. The van der Waals surface area contributed by atoms with Crippen LogP contribution in [-0.2, 0) is 4.84 Å². The molecule has 20 heavy (non-hydrogen) atoms. The third kappa shape index (κ3) is 3.58. The van der Waals surface area contributed by atoms with Gasteiger partial charge in [-0.25, -0.2) is 4.79 Å². The third-order valence-corrected chi connectivity index (χ3v) is 3.00. The second kappa shape index (κ2) is 6.21. The van der Waals surface area contributed by atoms with Crippen LogP contribution in [0.1, 0.15) is 15.9 Å². The van der Waals surface area contributed by atoms with Crippen molar-refractivity contribution in [3.63, 3.8) is 0 Å². The molecule has 3 N–H and O–H groups in total. The molecule has 2 aromatic carbocycles. The second-order valence-electron chi connectivity index (χ2n) is 3.91. The average Bonchev–Trinajstić information content (AvgIpc) is 2.46. The molecule has 0 bridgehead atoms.